The van der Waals surface area contributed by atoms with Gasteiger partial charge in [-0.15, -0.1) is 0 Å². The fourth-order valence-electron chi connectivity index (χ4n) is 4.20. The van der Waals surface area contributed by atoms with Crippen LogP contribution in [0.2, 0.25) is 0 Å². The molecule has 0 bridgehead atoms. The van der Waals surface area contributed by atoms with Gasteiger partial charge < -0.3 is 19.5 Å². The van der Waals surface area contributed by atoms with Crippen LogP contribution in [0.25, 0.3) is 0 Å². The van der Waals surface area contributed by atoms with Crippen molar-refractivity contribution in [3.63, 3.8) is 0 Å². The van der Waals surface area contributed by atoms with Gasteiger partial charge in [-0.3, -0.25) is 4.90 Å². The number of rotatable bonds is 11. The van der Waals surface area contributed by atoms with Gasteiger partial charge >= 0.3 is 5.97 Å². The lowest BCUT2D eigenvalue weighted by molar-refractivity contribution is -0.144. The minimum atomic E-state index is -1.14. The molecule has 1 aliphatic rings. The summed E-state index contributed by atoms with van der Waals surface area (Å²) in [4.78, 5) is 15.2. The van der Waals surface area contributed by atoms with Crippen molar-refractivity contribution in [2.45, 2.75) is 52.2 Å². The molecule has 2 aromatic rings. The highest BCUT2D eigenvalue weighted by molar-refractivity contribution is 5.81. The van der Waals surface area contributed by atoms with Gasteiger partial charge in [0.1, 0.15) is 11.9 Å². The number of hydrogen-bond acceptors (Lipinski definition) is 7. The lowest BCUT2D eigenvalue weighted by Gasteiger charge is -2.29. The molecule has 0 aliphatic carbocycles. The summed E-state index contributed by atoms with van der Waals surface area (Å²) in [5.74, 6) is -0.832. The van der Waals surface area contributed by atoms with Gasteiger partial charge in [-0.05, 0) is 77.0 Å². The number of ether oxygens (including phenoxy) is 3. The summed E-state index contributed by atoms with van der Waals surface area (Å²) in [6.07, 6.45) is 3.31. The average molecular weight is 484 g/mol. The van der Waals surface area contributed by atoms with Crippen LogP contribution in [0.5, 0.6) is 11.5 Å². The zero-order valence-electron chi connectivity index (χ0n) is 20.7. The van der Waals surface area contributed by atoms with Crippen molar-refractivity contribution in [1.82, 2.24) is 4.90 Å². The summed E-state index contributed by atoms with van der Waals surface area (Å²) in [7, 11) is 0. The van der Waals surface area contributed by atoms with Crippen LogP contribution in [0.4, 0.5) is 10.1 Å². The van der Waals surface area contributed by atoms with Gasteiger partial charge in [0.25, 0.3) is 0 Å². The van der Waals surface area contributed by atoms with Crippen molar-refractivity contribution in [2.24, 2.45) is 0 Å². The Morgan fingerprint density at radius 2 is 1.86 bits per heavy atom. The molecular formula is C27H34FN3O4. The molecule has 3 rings (SSSR count). The summed E-state index contributed by atoms with van der Waals surface area (Å²) in [6.45, 7) is 8.69. The van der Waals surface area contributed by atoms with Crippen LogP contribution in [0.1, 0.15) is 57.2 Å². The molecule has 0 spiro atoms. The molecule has 1 heterocycles. The highest BCUT2D eigenvalue weighted by Gasteiger charge is 2.29. The van der Waals surface area contributed by atoms with Gasteiger partial charge in [0.05, 0.1) is 24.8 Å². The molecule has 2 atom stereocenters. The molecular weight excluding hydrogens is 449 g/mol. The first-order chi connectivity index (χ1) is 16.9. The first-order valence-electron chi connectivity index (χ1n) is 12.2. The van der Waals surface area contributed by atoms with E-state index in [1.165, 1.54) is 18.6 Å². The van der Waals surface area contributed by atoms with E-state index >= 15 is 4.39 Å². The molecule has 0 saturated carbocycles. The smallest absolute Gasteiger partial charge is 0.333 e. The van der Waals surface area contributed by atoms with Gasteiger partial charge in [-0.1, -0.05) is 6.42 Å². The van der Waals surface area contributed by atoms with E-state index < -0.39 is 17.8 Å². The van der Waals surface area contributed by atoms with Crippen LogP contribution in [0.3, 0.4) is 0 Å². The normalized spacial score (nSPS) is 15.5. The van der Waals surface area contributed by atoms with E-state index in [0.29, 0.717) is 30.2 Å². The number of halogens is 1. The summed E-state index contributed by atoms with van der Waals surface area (Å²) in [6, 6.07) is 10.5. The first kappa shape index (κ1) is 26.3. The fourth-order valence-corrected chi connectivity index (χ4v) is 4.20. The Morgan fingerprint density at radius 1 is 1.14 bits per heavy atom. The first-order valence-corrected chi connectivity index (χ1v) is 12.2. The van der Waals surface area contributed by atoms with E-state index in [0.717, 1.165) is 25.9 Å². The van der Waals surface area contributed by atoms with Gasteiger partial charge in [0.2, 0.25) is 0 Å². The van der Waals surface area contributed by atoms with Crippen molar-refractivity contribution in [3.8, 4) is 17.6 Å². The molecule has 35 heavy (non-hydrogen) atoms. The van der Waals surface area contributed by atoms with E-state index in [1.54, 1.807) is 31.2 Å². The van der Waals surface area contributed by atoms with Gasteiger partial charge in [-0.25, -0.2) is 9.18 Å². The maximum Gasteiger partial charge on any atom is 0.333 e. The molecule has 8 heteroatoms. The molecule has 0 radical (unpaired) electrons. The Labute approximate surface area is 206 Å². The molecule has 1 N–H and O–H groups in total. The van der Waals surface area contributed by atoms with Crippen LogP contribution in [-0.2, 0) is 9.53 Å². The van der Waals surface area contributed by atoms with Crippen LogP contribution in [-0.4, -0.2) is 49.8 Å². The van der Waals surface area contributed by atoms with E-state index in [1.807, 2.05) is 13.8 Å². The summed E-state index contributed by atoms with van der Waals surface area (Å²) in [5, 5.41) is 12.1. The molecule has 1 saturated heterocycles. The Morgan fingerprint density at radius 3 is 2.49 bits per heavy atom. The number of nitrogens with zero attached hydrogens (tertiary/aromatic N) is 2. The van der Waals surface area contributed by atoms with E-state index in [9.17, 15) is 4.79 Å². The van der Waals surface area contributed by atoms with Crippen LogP contribution >= 0.6 is 0 Å². The highest BCUT2D eigenvalue weighted by atomic mass is 19.1. The zero-order chi connectivity index (χ0) is 25.2. The number of hydrogen-bond donors (Lipinski definition) is 1. The summed E-state index contributed by atoms with van der Waals surface area (Å²) < 4.78 is 32.8. The third-order valence-corrected chi connectivity index (χ3v) is 5.80. The number of carbonyl (C=O) groups excluding carboxylic acids is 1. The number of likely N-dealkylation sites (tertiary alicyclic amines) is 1. The number of nitrogens with one attached hydrogen (secondary N) is 1. The average Bonchev–Trinajstić information content (AvgIpc) is 2.86. The van der Waals surface area contributed by atoms with Crippen LogP contribution < -0.4 is 14.8 Å². The lowest BCUT2D eigenvalue weighted by atomic mass is 10.0. The predicted octanol–water partition coefficient (Wildman–Crippen LogP) is 5.07. The fraction of sp³-hybridized carbons (Fsp3) is 0.481. The number of carbonyl (C=O) groups is 1. The molecule has 2 aromatic carbocycles. The van der Waals surface area contributed by atoms with Crippen LogP contribution in [0, 0.1) is 17.1 Å². The highest BCUT2D eigenvalue weighted by Crippen LogP contribution is 2.34. The Kier molecular flexibility index (Phi) is 9.74. The van der Waals surface area contributed by atoms with Crippen molar-refractivity contribution >= 4 is 11.7 Å². The Balaban J connectivity index is 1.91. The van der Waals surface area contributed by atoms with E-state index in [4.69, 9.17) is 19.5 Å². The van der Waals surface area contributed by atoms with Crippen molar-refractivity contribution < 1.29 is 23.4 Å². The number of esters is 1. The number of piperidine rings is 1. The van der Waals surface area contributed by atoms with Crippen molar-refractivity contribution in [2.75, 3.05) is 38.2 Å². The third kappa shape index (κ3) is 7.33. The van der Waals surface area contributed by atoms with E-state index in [-0.39, 0.29) is 24.0 Å². The SMILES string of the molecule is CCOC(=O)C(Nc1ccc(C#N)cc1)c1cc(OCC)cc(OC(C)CN2CCCCC2)c1F. The number of anilines is 1. The number of nitriles is 1. The number of benzene rings is 2. The molecule has 7 nitrogen and oxygen atoms in total. The van der Waals surface area contributed by atoms with Gasteiger partial charge in [0, 0.05) is 23.9 Å². The third-order valence-electron chi connectivity index (χ3n) is 5.80. The summed E-state index contributed by atoms with van der Waals surface area (Å²) in [5.41, 5.74) is 1.09. The molecule has 188 valence electrons. The second-order valence-corrected chi connectivity index (χ2v) is 8.57. The van der Waals surface area contributed by atoms with Gasteiger partial charge in [-0.2, -0.15) is 5.26 Å². The van der Waals surface area contributed by atoms with Crippen LogP contribution in [0.15, 0.2) is 36.4 Å². The standard InChI is InChI=1S/C27H34FN3O4/c1-4-33-22-15-23(25(28)24(16-22)35-19(3)18-31-13-7-6-8-14-31)26(27(32)34-5-2)30-21-11-9-20(17-29)10-12-21/h9-12,15-16,19,26,30H,4-8,13-14,18H2,1-3H3. The topological polar surface area (TPSA) is 83.8 Å². The summed E-state index contributed by atoms with van der Waals surface area (Å²) >= 11 is 0. The second-order valence-electron chi connectivity index (χ2n) is 8.57. The lowest BCUT2D eigenvalue weighted by Crippen LogP contribution is -2.37. The predicted molar refractivity (Wildman–Crippen MR) is 132 cm³/mol. The minimum absolute atomic E-state index is 0.0337. The molecule has 0 aromatic heterocycles. The Bertz CT molecular complexity index is 1020. The van der Waals surface area contributed by atoms with E-state index in [2.05, 4.69) is 16.3 Å². The van der Waals surface area contributed by atoms with Gasteiger partial charge in [0.15, 0.2) is 17.6 Å². The monoisotopic (exact) mass is 483 g/mol. The molecule has 2 unspecified atom stereocenters. The maximum atomic E-state index is 15.8. The molecule has 0 amide bonds. The molecule has 1 aliphatic heterocycles. The zero-order valence-corrected chi connectivity index (χ0v) is 20.7. The van der Waals surface area contributed by atoms with Crippen molar-refractivity contribution in [3.05, 3.63) is 53.3 Å². The van der Waals surface area contributed by atoms with Crippen molar-refractivity contribution in [1.29, 1.82) is 5.26 Å². The maximum absolute atomic E-state index is 15.8. The largest absolute Gasteiger partial charge is 0.494 e. The quantitative estimate of drug-likeness (QED) is 0.447. The Hall–Kier alpha value is -3.31. The minimum Gasteiger partial charge on any atom is -0.494 e. The second kappa shape index (κ2) is 13.0. The molecule has 1 fully saturated rings.